The standard InChI is InChI=1S/C10H11ClN2O3/c11-5-6-12-10(16)13-8-3-1-7(2-4-8)9(14)15/h1-4H,5-6H2,(H,14,15)(H2,12,13,16). The van der Waals surface area contributed by atoms with Gasteiger partial charge in [0.1, 0.15) is 0 Å². The second-order valence-corrected chi connectivity index (χ2v) is 3.33. The van der Waals surface area contributed by atoms with Crippen LogP contribution < -0.4 is 10.6 Å². The van der Waals surface area contributed by atoms with Crippen molar-refractivity contribution in [3.8, 4) is 0 Å². The molecule has 0 heterocycles. The average Bonchev–Trinajstić information content (AvgIpc) is 2.27. The molecule has 0 saturated carbocycles. The van der Waals surface area contributed by atoms with Crippen molar-refractivity contribution in [1.29, 1.82) is 0 Å². The van der Waals surface area contributed by atoms with Crippen LogP contribution >= 0.6 is 11.6 Å². The fraction of sp³-hybridized carbons (Fsp3) is 0.200. The number of aromatic carboxylic acids is 1. The van der Waals surface area contributed by atoms with E-state index in [4.69, 9.17) is 16.7 Å². The number of anilines is 1. The quantitative estimate of drug-likeness (QED) is 0.704. The van der Waals surface area contributed by atoms with Gasteiger partial charge in [-0.1, -0.05) is 0 Å². The highest BCUT2D eigenvalue weighted by Gasteiger charge is 2.03. The molecule has 6 heteroatoms. The van der Waals surface area contributed by atoms with Crippen LogP contribution in [-0.4, -0.2) is 29.5 Å². The van der Waals surface area contributed by atoms with E-state index >= 15 is 0 Å². The minimum absolute atomic E-state index is 0.173. The predicted molar refractivity (Wildman–Crippen MR) is 61.1 cm³/mol. The lowest BCUT2D eigenvalue weighted by Gasteiger charge is -2.06. The van der Waals surface area contributed by atoms with Crippen molar-refractivity contribution < 1.29 is 14.7 Å². The van der Waals surface area contributed by atoms with Crippen LogP contribution in [0.5, 0.6) is 0 Å². The summed E-state index contributed by atoms with van der Waals surface area (Å²) in [5.74, 6) is -0.663. The maximum Gasteiger partial charge on any atom is 0.335 e. The molecule has 0 aliphatic carbocycles. The number of urea groups is 1. The van der Waals surface area contributed by atoms with Crippen LogP contribution in [0.3, 0.4) is 0 Å². The molecule has 0 saturated heterocycles. The van der Waals surface area contributed by atoms with Gasteiger partial charge >= 0.3 is 12.0 Å². The molecule has 0 aromatic heterocycles. The van der Waals surface area contributed by atoms with Gasteiger partial charge in [-0.3, -0.25) is 0 Å². The first-order chi connectivity index (χ1) is 7.63. The lowest BCUT2D eigenvalue weighted by atomic mass is 10.2. The number of nitrogens with one attached hydrogen (secondary N) is 2. The Labute approximate surface area is 97.4 Å². The molecule has 5 nitrogen and oxygen atoms in total. The van der Waals surface area contributed by atoms with Crippen molar-refractivity contribution in [2.45, 2.75) is 0 Å². The van der Waals surface area contributed by atoms with Gasteiger partial charge in [0.15, 0.2) is 0 Å². The molecule has 0 radical (unpaired) electrons. The molecule has 0 atom stereocenters. The summed E-state index contributed by atoms with van der Waals surface area (Å²) in [7, 11) is 0. The summed E-state index contributed by atoms with van der Waals surface area (Å²) in [6, 6.07) is 5.50. The minimum atomic E-state index is -1.00. The molecule has 16 heavy (non-hydrogen) atoms. The van der Waals surface area contributed by atoms with Crippen LogP contribution in [0.25, 0.3) is 0 Å². The van der Waals surface area contributed by atoms with Crippen molar-refractivity contribution in [1.82, 2.24) is 5.32 Å². The third kappa shape index (κ3) is 3.78. The summed E-state index contributed by atoms with van der Waals surface area (Å²) >= 11 is 5.40. The first-order valence-electron chi connectivity index (χ1n) is 4.57. The van der Waals surface area contributed by atoms with Crippen LogP contribution in [0.2, 0.25) is 0 Å². The monoisotopic (exact) mass is 242 g/mol. The number of alkyl halides is 1. The van der Waals surface area contributed by atoms with Crippen LogP contribution in [0, 0.1) is 0 Å². The molecule has 1 aromatic carbocycles. The van der Waals surface area contributed by atoms with E-state index in [1.165, 1.54) is 24.3 Å². The molecular formula is C10H11ClN2O3. The number of hydrogen-bond acceptors (Lipinski definition) is 2. The number of benzene rings is 1. The molecule has 0 unspecified atom stereocenters. The topological polar surface area (TPSA) is 78.4 Å². The Balaban J connectivity index is 2.55. The second-order valence-electron chi connectivity index (χ2n) is 2.95. The van der Waals surface area contributed by atoms with E-state index in [0.29, 0.717) is 18.1 Å². The van der Waals surface area contributed by atoms with Crippen LogP contribution in [0.1, 0.15) is 10.4 Å². The molecule has 0 aliphatic heterocycles. The van der Waals surface area contributed by atoms with Crippen molar-refractivity contribution >= 4 is 29.3 Å². The molecule has 1 rings (SSSR count). The van der Waals surface area contributed by atoms with Gasteiger partial charge in [0.05, 0.1) is 5.56 Å². The fourth-order valence-electron chi connectivity index (χ4n) is 1.03. The molecule has 3 N–H and O–H groups in total. The van der Waals surface area contributed by atoms with Crippen molar-refractivity contribution in [2.24, 2.45) is 0 Å². The van der Waals surface area contributed by atoms with Crippen LogP contribution in [-0.2, 0) is 0 Å². The zero-order chi connectivity index (χ0) is 12.0. The molecule has 0 aliphatic rings. The van der Waals surface area contributed by atoms with Gasteiger partial charge in [-0.2, -0.15) is 0 Å². The molecule has 86 valence electrons. The maximum atomic E-state index is 11.2. The van der Waals surface area contributed by atoms with Crippen molar-refractivity contribution in [3.05, 3.63) is 29.8 Å². The van der Waals surface area contributed by atoms with Gasteiger partial charge in [0.25, 0.3) is 0 Å². The van der Waals surface area contributed by atoms with Crippen LogP contribution in [0.15, 0.2) is 24.3 Å². The highest BCUT2D eigenvalue weighted by Crippen LogP contribution is 2.09. The summed E-state index contributed by atoms with van der Waals surface area (Å²) < 4.78 is 0. The van der Waals surface area contributed by atoms with E-state index in [2.05, 4.69) is 10.6 Å². The first kappa shape index (κ1) is 12.3. The van der Waals surface area contributed by atoms with Crippen LogP contribution in [0.4, 0.5) is 10.5 Å². The SMILES string of the molecule is O=C(NCCCl)Nc1ccc(C(=O)O)cc1. The van der Waals surface area contributed by atoms with E-state index < -0.39 is 5.97 Å². The predicted octanol–water partition coefficient (Wildman–Crippen LogP) is 1.75. The summed E-state index contributed by atoms with van der Waals surface area (Å²) in [6.45, 7) is 0.376. The van der Waals surface area contributed by atoms with Gasteiger partial charge in [0.2, 0.25) is 0 Å². The normalized spacial score (nSPS) is 9.56. The number of rotatable bonds is 4. The van der Waals surface area contributed by atoms with Gasteiger partial charge in [0, 0.05) is 18.1 Å². The summed E-state index contributed by atoms with van der Waals surface area (Å²) in [6.07, 6.45) is 0. The van der Waals surface area contributed by atoms with Gasteiger partial charge < -0.3 is 15.7 Å². The number of carboxylic acid groups (broad SMARTS) is 1. The molecule has 0 bridgehead atoms. The molecular weight excluding hydrogens is 232 g/mol. The molecule has 2 amide bonds. The van der Waals surface area contributed by atoms with E-state index in [1.54, 1.807) is 0 Å². The number of carbonyl (C=O) groups is 2. The minimum Gasteiger partial charge on any atom is -0.478 e. The molecule has 0 spiro atoms. The summed E-state index contributed by atoms with van der Waals surface area (Å²) in [5.41, 5.74) is 0.698. The Kier molecular flexibility index (Phi) is 4.60. The number of amides is 2. The Hall–Kier alpha value is -1.75. The van der Waals surface area contributed by atoms with E-state index in [-0.39, 0.29) is 11.6 Å². The molecule has 1 aromatic rings. The lowest BCUT2D eigenvalue weighted by molar-refractivity contribution is 0.0697. The fourth-order valence-corrected chi connectivity index (χ4v) is 1.13. The number of hydrogen-bond donors (Lipinski definition) is 3. The Morgan fingerprint density at radius 1 is 1.25 bits per heavy atom. The third-order valence-corrected chi connectivity index (χ3v) is 1.96. The zero-order valence-electron chi connectivity index (χ0n) is 8.37. The van der Waals surface area contributed by atoms with Gasteiger partial charge in [-0.05, 0) is 24.3 Å². The Morgan fingerprint density at radius 3 is 2.38 bits per heavy atom. The lowest BCUT2D eigenvalue weighted by Crippen LogP contribution is -2.30. The number of carboxylic acids is 1. The van der Waals surface area contributed by atoms with E-state index in [9.17, 15) is 9.59 Å². The molecule has 0 fully saturated rings. The maximum absolute atomic E-state index is 11.2. The highest BCUT2D eigenvalue weighted by atomic mass is 35.5. The number of halogens is 1. The average molecular weight is 243 g/mol. The third-order valence-electron chi connectivity index (χ3n) is 1.77. The number of carbonyl (C=O) groups excluding carboxylic acids is 1. The largest absolute Gasteiger partial charge is 0.478 e. The van der Waals surface area contributed by atoms with E-state index in [0.717, 1.165) is 0 Å². The Morgan fingerprint density at radius 2 is 1.88 bits per heavy atom. The van der Waals surface area contributed by atoms with Crippen molar-refractivity contribution in [2.75, 3.05) is 17.7 Å². The zero-order valence-corrected chi connectivity index (χ0v) is 9.12. The Bertz CT molecular complexity index is 378. The highest BCUT2D eigenvalue weighted by molar-refractivity contribution is 6.18. The summed E-state index contributed by atoms with van der Waals surface area (Å²) in [5, 5.41) is 13.7. The van der Waals surface area contributed by atoms with E-state index in [1.807, 2.05) is 0 Å². The second kappa shape index (κ2) is 5.97. The van der Waals surface area contributed by atoms with Crippen molar-refractivity contribution in [3.63, 3.8) is 0 Å². The smallest absolute Gasteiger partial charge is 0.335 e. The van der Waals surface area contributed by atoms with Gasteiger partial charge in [-0.15, -0.1) is 11.6 Å². The van der Waals surface area contributed by atoms with Gasteiger partial charge in [-0.25, -0.2) is 9.59 Å². The first-order valence-corrected chi connectivity index (χ1v) is 5.11. The summed E-state index contributed by atoms with van der Waals surface area (Å²) in [4.78, 5) is 21.8.